The zero-order chi connectivity index (χ0) is 14.5. The van der Waals surface area contributed by atoms with Gasteiger partial charge in [0.25, 0.3) is 0 Å². The molecule has 1 radical (unpaired) electrons. The first kappa shape index (κ1) is 22.7. The summed E-state index contributed by atoms with van der Waals surface area (Å²) >= 11 is 0. The maximum atomic E-state index is 11.3. The third-order valence-corrected chi connectivity index (χ3v) is 5.39. The summed E-state index contributed by atoms with van der Waals surface area (Å²) in [6, 6.07) is 0. The van der Waals surface area contributed by atoms with E-state index in [0.717, 1.165) is 32.0 Å². The molecule has 0 saturated heterocycles. The zero-order valence-corrected chi connectivity index (χ0v) is 16.3. The number of esters is 1. The van der Waals surface area contributed by atoms with Crippen molar-refractivity contribution in [2.45, 2.75) is 52.1 Å². The van der Waals surface area contributed by atoms with Gasteiger partial charge in [0.1, 0.15) is 0 Å². The van der Waals surface area contributed by atoms with Gasteiger partial charge in [0, 0.05) is 59.5 Å². The van der Waals surface area contributed by atoms with Gasteiger partial charge >= 0.3 is 5.97 Å². The Bertz CT molecular complexity index is 253. The van der Waals surface area contributed by atoms with Crippen LogP contribution < -0.4 is 0 Å². The second-order valence-electron chi connectivity index (χ2n) is 3.97. The number of carbonyl (C=O) groups is 1. The van der Waals surface area contributed by atoms with E-state index in [1.54, 1.807) is 0 Å². The van der Waals surface area contributed by atoms with Crippen molar-refractivity contribution in [2.75, 3.05) is 19.6 Å². The average Bonchev–Trinajstić information content (AvgIpc) is 2.42. The third-order valence-electron chi connectivity index (χ3n) is 2.74. The summed E-state index contributed by atoms with van der Waals surface area (Å²) in [4.78, 5) is 21.0. The largest absolute Gasteiger partial charge is 0.626 e. The second-order valence-corrected chi connectivity index (χ2v) is 6.42. The molecule has 5 nitrogen and oxygen atoms in total. The molecule has 0 aliphatic rings. The maximum Gasteiger partial charge on any atom is 0.308 e. The van der Waals surface area contributed by atoms with Crippen molar-refractivity contribution < 1.29 is 56.3 Å². The molecule has 20 heavy (non-hydrogen) atoms. The van der Waals surface area contributed by atoms with Gasteiger partial charge in [-0.3, -0.25) is 4.79 Å². The van der Waals surface area contributed by atoms with Crippen LogP contribution in [0.25, 0.3) is 0 Å². The average molecular weight is 380 g/mol. The Labute approximate surface area is 148 Å². The summed E-state index contributed by atoms with van der Waals surface area (Å²) in [6.45, 7) is 7.91. The zero-order valence-electron chi connectivity index (χ0n) is 12.6. The van der Waals surface area contributed by atoms with Crippen LogP contribution in [0.1, 0.15) is 46.5 Å². The van der Waals surface area contributed by atoms with Gasteiger partial charge in [-0.25, -0.2) is 0 Å². The predicted molar refractivity (Wildman–Crippen MR) is 74.8 cm³/mol. The first-order chi connectivity index (χ1) is 9.19. The summed E-state index contributed by atoms with van der Waals surface area (Å²) in [7, 11) is -0.395. The Hall–Kier alpha value is 0.434. The normalized spacial score (nSPS) is 12.9. The summed E-state index contributed by atoms with van der Waals surface area (Å²) in [6.07, 6.45) is 4.20. The maximum absolute atomic E-state index is 11.3. The van der Waals surface area contributed by atoms with Crippen LogP contribution in [-0.2, 0) is 56.3 Å². The number of hydrogen-bond donors (Lipinski definition) is 0. The Morgan fingerprint density at radius 3 is 2.50 bits per heavy atom. The van der Waals surface area contributed by atoms with E-state index in [2.05, 4.69) is 23.3 Å². The van der Waals surface area contributed by atoms with Gasteiger partial charge in [0.15, 0.2) is 0 Å². The summed E-state index contributed by atoms with van der Waals surface area (Å²) in [5.74, 6) is -0.345. The fourth-order valence-electron chi connectivity index (χ4n) is 1.85. The molecule has 0 fully saturated rings. The molecule has 0 bridgehead atoms. The van der Waals surface area contributed by atoms with E-state index in [-0.39, 0.29) is 45.5 Å². The van der Waals surface area contributed by atoms with Gasteiger partial charge < -0.3 is 18.8 Å². The first-order valence-corrected chi connectivity index (χ1v) is 8.24. The van der Waals surface area contributed by atoms with E-state index in [4.69, 9.17) is 4.52 Å². The molecule has 2 unspecified atom stereocenters. The summed E-state index contributed by atoms with van der Waals surface area (Å²) < 4.78 is 14.6. The van der Waals surface area contributed by atoms with E-state index in [1.807, 2.05) is 6.92 Å². The van der Waals surface area contributed by atoms with E-state index < -0.39 is 8.15 Å². The topological polar surface area (TPSA) is 61.8 Å². The fourth-order valence-corrected chi connectivity index (χ4v) is 3.97. The molecule has 0 aromatic heterocycles. The van der Waals surface area contributed by atoms with Crippen molar-refractivity contribution in [3.05, 3.63) is 0 Å². The second kappa shape index (κ2) is 15.8. The molecule has 0 aliphatic carbocycles. The van der Waals surface area contributed by atoms with Gasteiger partial charge in [-0.2, -0.15) is 0 Å². The number of ether oxygens (including phenoxy) is 2. The van der Waals surface area contributed by atoms with Gasteiger partial charge in [-0.1, -0.05) is 20.3 Å². The molecular weight excluding hydrogens is 356 g/mol. The SMILES string of the molecule is CCOP(CC)C(CC)CCCC(=O)OCO[C-]=O.[Y]. The minimum atomic E-state index is -0.395. The third kappa shape index (κ3) is 11.1. The van der Waals surface area contributed by atoms with Crippen molar-refractivity contribution in [2.24, 2.45) is 0 Å². The minimum absolute atomic E-state index is 0. The first-order valence-electron chi connectivity index (χ1n) is 6.73. The van der Waals surface area contributed by atoms with Crippen LogP contribution in [0.5, 0.6) is 0 Å². The Balaban J connectivity index is 0. The quantitative estimate of drug-likeness (QED) is 0.171. The van der Waals surface area contributed by atoms with Crippen molar-refractivity contribution in [3.8, 4) is 0 Å². The van der Waals surface area contributed by atoms with Crippen molar-refractivity contribution in [3.63, 3.8) is 0 Å². The van der Waals surface area contributed by atoms with Crippen LogP contribution in [-0.4, -0.2) is 37.7 Å². The number of carbonyl (C=O) groups excluding carboxylic acids is 2. The molecule has 7 heteroatoms. The molecule has 0 rings (SSSR count). The fraction of sp³-hybridized carbons (Fsp3) is 0.846. The van der Waals surface area contributed by atoms with Crippen molar-refractivity contribution >= 4 is 20.6 Å². The van der Waals surface area contributed by atoms with Crippen LogP contribution in [0.3, 0.4) is 0 Å². The molecule has 0 saturated carbocycles. The monoisotopic (exact) mass is 380 g/mol. The molecular formula is C13H24O5PY-. The molecule has 0 N–H and O–H groups in total. The molecule has 2 atom stereocenters. The molecule has 0 aromatic rings. The van der Waals surface area contributed by atoms with E-state index >= 15 is 0 Å². The molecule has 0 aliphatic heterocycles. The predicted octanol–water partition coefficient (Wildman–Crippen LogP) is 2.97. The summed E-state index contributed by atoms with van der Waals surface area (Å²) in [5.41, 5.74) is 0.535. The molecule has 0 amide bonds. The van der Waals surface area contributed by atoms with Gasteiger partial charge in [-0.05, 0) is 32.3 Å². The summed E-state index contributed by atoms with van der Waals surface area (Å²) in [5, 5.41) is 0. The van der Waals surface area contributed by atoms with Crippen LogP contribution in [0, 0.1) is 0 Å². The van der Waals surface area contributed by atoms with Crippen LogP contribution in [0.2, 0.25) is 0 Å². The van der Waals surface area contributed by atoms with E-state index in [1.165, 1.54) is 6.47 Å². The minimum Gasteiger partial charge on any atom is -0.626 e. The molecule has 0 aromatic carbocycles. The van der Waals surface area contributed by atoms with Crippen molar-refractivity contribution in [1.29, 1.82) is 0 Å². The van der Waals surface area contributed by atoms with Crippen LogP contribution in [0.4, 0.5) is 0 Å². The standard InChI is InChI=1S/C13H24O5P.Y/c1-4-12(19(6-3)18-5-2)8-7-9-13(15)17-11-16-10-14;/h12H,4-9,11H2,1-3H3;/q-1;. The smallest absolute Gasteiger partial charge is 0.308 e. The molecule has 115 valence electrons. The van der Waals surface area contributed by atoms with Gasteiger partial charge in [0.05, 0.1) is 0 Å². The molecule has 0 spiro atoms. The van der Waals surface area contributed by atoms with Crippen LogP contribution in [0.15, 0.2) is 0 Å². The van der Waals surface area contributed by atoms with Crippen molar-refractivity contribution in [1.82, 2.24) is 0 Å². The number of rotatable bonds is 12. The Morgan fingerprint density at radius 1 is 1.30 bits per heavy atom. The Morgan fingerprint density at radius 2 is 2.00 bits per heavy atom. The van der Waals surface area contributed by atoms with Crippen LogP contribution >= 0.6 is 8.15 Å². The van der Waals surface area contributed by atoms with Gasteiger partial charge in [-0.15, -0.1) is 0 Å². The number of hydrogen-bond acceptors (Lipinski definition) is 5. The Kier molecular flexibility index (Phi) is 18.0. The van der Waals surface area contributed by atoms with E-state index in [0.29, 0.717) is 12.1 Å². The van der Waals surface area contributed by atoms with Gasteiger partial charge in [0.2, 0.25) is 6.79 Å². The molecule has 0 heterocycles. The van der Waals surface area contributed by atoms with E-state index in [9.17, 15) is 9.59 Å².